The fourth-order valence-electron chi connectivity index (χ4n) is 2.66. The van der Waals surface area contributed by atoms with Crippen molar-refractivity contribution in [2.24, 2.45) is 5.73 Å². The summed E-state index contributed by atoms with van der Waals surface area (Å²) in [6, 6.07) is 14.2. The lowest BCUT2D eigenvalue weighted by atomic mass is 9.91. The molecule has 1 atom stereocenters. The largest absolute Gasteiger partial charge is 0.493 e. The molecule has 22 heavy (non-hydrogen) atoms. The predicted molar refractivity (Wildman–Crippen MR) is 88.0 cm³/mol. The van der Waals surface area contributed by atoms with Crippen LogP contribution in [0.1, 0.15) is 17.0 Å². The molecule has 0 aromatic heterocycles. The van der Waals surface area contributed by atoms with Crippen molar-refractivity contribution >= 4 is 0 Å². The third kappa shape index (κ3) is 3.34. The average Bonchev–Trinajstić information content (AvgIpc) is 2.59. The standard InChI is InChI=1S/C18H23NO3/c1-20-16-10-9-15(17(21-2)18(16)22-3)14(12-19)11-13-7-5-4-6-8-13/h4-10,14H,11-12,19H2,1-3H3. The molecule has 0 fully saturated rings. The van der Waals surface area contributed by atoms with Crippen LogP contribution in [0.2, 0.25) is 0 Å². The van der Waals surface area contributed by atoms with Crippen molar-refractivity contribution in [3.05, 3.63) is 53.6 Å². The van der Waals surface area contributed by atoms with Crippen LogP contribution in [0.4, 0.5) is 0 Å². The van der Waals surface area contributed by atoms with Crippen LogP contribution in [-0.2, 0) is 6.42 Å². The Morgan fingerprint density at radius 2 is 1.55 bits per heavy atom. The molecule has 2 N–H and O–H groups in total. The van der Waals surface area contributed by atoms with Gasteiger partial charge in [-0.1, -0.05) is 36.4 Å². The van der Waals surface area contributed by atoms with Gasteiger partial charge in [0.1, 0.15) is 0 Å². The summed E-state index contributed by atoms with van der Waals surface area (Å²) >= 11 is 0. The Morgan fingerprint density at radius 1 is 0.864 bits per heavy atom. The first-order chi connectivity index (χ1) is 10.7. The van der Waals surface area contributed by atoms with Gasteiger partial charge in [-0.25, -0.2) is 0 Å². The molecule has 2 rings (SSSR count). The van der Waals surface area contributed by atoms with Crippen LogP contribution >= 0.6 is 0 Å². The molecule has 4 heteroatoms. The maximum atomic E-state index is 6.01. The van der Waals surface area contributed by atoms with Crippen LogP contribution in [0.3, 0.4) is 0 Å². The zero-order chi connectivity index (χ0) is 15.9. The number of hydrogen-bond donors (Lipinski definition) is 1. The smallest absolute Gasteiger partial charge is 0.203 e. The molecule has 0 aliphatic rings. The molecule has 4 nitrogen and oxygen atoms in total. The second-order valence-electron chi connectivity index (χ2n) is 5.05. The Hall–Kier alpha value is -2.20. The van der Waals surface area contributed by atoms with Gasteiger partial charge in [-0.3, -0.25) is 0 Å². The summed E-state index contributed by atoms with van der Waals surface area (Å²) in [6.07, 6.45) is 0.850. The van der Waals surface area contributed by atoms with E-state index < -0.39 is 0 Å². The Bertz CT molecular complexity index is 599. The van der Waals surface area contributed by atoms with Crippen molar-refractivity contribution in [3.8, 4) is 17.2 Å². The van der Waals surface area contributed by atoms with Gasteiger partial charge < -0.3 is 19.9 Å². The third-order valence-electron chi connectivity index (χ3n) is 3.78. The Labute approximate surface area is 131 Å². The van der Waals surface area contributed by atoms with Gasteiger partial charge in [0.05, 0.1) is 21.3 Å². The van der Waals surface area contributed by atoms with E-state index in [-0.39, 0.29) is 5.92 Å². The summed E-state index contributed by atoms with van der Waals surface area (Å²) in [4.78, 5) is 0. The molecule has 0 spiro atoms. The SMILES string of the molecule is COc1ccc(C(CN)Cc2ccccc2)c(OC)c1OC. The van der Waals surface area contributed by atoms with Gasteiger partial charge in [0.15, 0.2) is 11.5 Å². The molecule has 0 amide bonds. The summed E-state index contributed by atoms with van der Waals surface area (Å²) < 4.78 is 16.4. The minimum absolute atomic E-state index is 0.150. The minimum Gasteiger partial charge on any atom is -0.493 e. The van der Waals surface area contributed by atoms with Gasteiger partial charge >= 0.3 is 0 Å². The zero-order valence-electron chi connectivity index (χ0n) is 13.3. The zero-order valence-corrected chi connectivity index (χ0v) is 13.3. The van der Waals surface area contributed by atoms with E-state index in [9.17, 15) is 0 Å². The molecule has 0 saturated carbocycles. The van der Waals surface area contributed by atoms with Crippen molar-refractivity contribution in [1.29, 1.82) is 0 Å². The van der Waals surface area contributed by atoms with Gasteiger partial charge in [-0.2, -0.15) is 0 Å². The second-order valence-corrected chi connectivity index (χ2v) is 5.05. The van der Waals surface area contributed by atoms with E-state index >= 15 is 0 Å². The fourth-order valence-corrected chi connectivity index (χ4v) is 2.66. The van der Waals surface area contributed by atoms with Crippen molar-refractivity contribution in [3.63, 3.8) is 0 Å². The molecule has 118 valence electrons. The highest BCUT2D eigenvalue weighted by atomic mass is 16.5. The molecular formula is C18H23NO3. The van der Waals surface area contributed by atoms with E-state index in [0.717, 1.165) is 12.0 Å². The first-order valence-electron chi connectivity index (χ1n) is 7.28. The fraction of sp³-hybridized carbons (Fsp3) is 0.333. The van der Waals surface area contributed by atoms with Crippen molar-refractivity contribution in [2.75, 3.05) is 27.9 Å². The monoisotopic (exact) mass is 301 g/mol. The van der Waals surface area contributed by atoms with Crippen molar-refractivity contribution < 1.29 is 14.2 Å². The second kappa shape index (κ2) is 7.71. The predicted octanol–water partition coefficient (Wildman–Crippen LogP) is 3.00. The molecule has 0 aliphatic heterocycles. The Balaban J connectivity index is 2.40. The molecule has 0 saturated heterocycles. The molecule has 0 heterocycles. The quantitative estimate of drug-likeness (QED) is 0.854. The van der Waals surface area contributed by atoms with E-state index in [1.807, 2.05) is 30.3 Å². The summed E-state index contributed by atoms with van der Waals surface area (Å²) in [5.74, 6) is 2.10. The maximum Gasteiger partial charge on any atom is 0.203 e. The van der Waals surface area contributed by atoms with Crippen LogP contribution in [0.5, 0.6) is 17.2 Å². The Morgan fingerprint density at radius 3 is 2.09 bits per heavy atom. The molecule has 2 aromatic rings. The number of ether oxygens (including phenoxy) is 3. The van der Waals surface area contributed by atoms with Crippen LogP contribution in [0, 0.1) is 0 Å². The minimum atomic E-state index is 0.150. The van der Waals surface area contributed by atoms with E-state index in [0.29, 0.717) is 23.8 Å². The van der Waals surface area contributed by atoms with Crippen LogP contribution < -0.4 is 19.9 Å². The lowest BCUT2D eigenvalue weighted by Crippen LogP contribution is -2.16. The molecular weight excluding hydrogens is 278 g/mol. The molecule has 0 bridgehead atoms. The van der Waals surface area contributed by atoms with Crippen LogP contribution in [-0.4, -0.2) is 27.9 Å². The highest BCUT2D eigenvalue weighted by Crippen LogP contribution is 2.43. The lowest BCUT2D eigenvalue weighted by molar-refractivity contribution is 0.320. The van der Waals surface area contributed by atoms with E-state index in [4.69, 9.17) is 19.9 Å². The van der Waals surface area contributed by atoms with Crippen molar-refractivity contribution in [2.45, 2.75) is 12.3 Å². The van der Waals surface area contributed by atoms with E-state index in [1.165, 1.54) is 5.56 Å². The van der Waals surface area contributed by atoms with Gasteiger partial charge in [-0.15, -0.1) is 0 Å². The maximum absolute atomic E-state index is 6.01. The lowest BCUT2D eigenvalue weighted by Gasteiger charge is -2.21. The molecule has 2 aromatic carbocycles. The summed E-state index contributed by atoms with van der Waals surface area (Å²) in [7, 11) is 4.86. The number of methoxy groups -OCH3 is 3. The summed E-state index contributed by atoms with van der Waals surface area (Å²) in [5, 5.41) is 0. The van der Waals surface area contributed by atoms with Gasteiger partial charge in [-0.05, 0) is 24.6 Å². The van der Waals surface area contributed by atoms with Crippen molar-refractivity contribution in [1.82, 2.24) is 0 Å². The normalized spacial score (nSPS) is 11.8. The highest BCUT2D eigenvalue weighted by molar-refractivity contribution is 5.57. The van der Waals surface area contributed by atoms with Gasteiger partial charge in [0.25, 0.3) is 0 Å². The third-order valence-corrected chi connectivity index (χ3v) is 3.78. The number of hydrogen-bond acceptors (Lipinski definition) is 4. The Kier molecular flexibility index (Phi) is 5.67. The summed E-state index contributed by atoms with van der Waals surface area (Å²) in [6.45, 7) is 0.529. The number of benzene rings is 2. The molecule has 0 aliphatic carbocycles. The summed E-state index contributed by atoms with van der Waals surface area (Å²) in [5.41, 5.74) is 8.29. The van der Waals surface area contributed by atoms with Gasteiger partial charge in [0, 0.05) is 11.5 Å². The highest BCUT2D eigenvalue weighted by Gasteiger charge is 2.21. The number of nitrogens with two attached hydrogens (primary N) is 1. The average molecular weight is 301 g/mol. The first-order valence-corrected chi connectivity index (χ1v) is 7.28. The van der Waals surface area contributed by atoms with Gasteiger partial charge in [0.2, 0.25) is 5.75 Å². The topological polar surface area (TPSA) is 53.7 Å². The molecule has 1 unspecified atom stereocenters. The molecule has 0 radical (unpaired) electrons. The number of rotatable bonds is 7. The van der Waals surface area contributed by atoms with Crippen LogP contribution in [0.15, 0.2) is 42.5 Å². The van der Waals surface area contributed by atoms with E-state index in [2.05, 4.69) is 12.1 Å². The van der Waals surface area contributed by atoms with E-state index in [1.54, 1.807) is 21.3 Å². The first kappa shape index (κ1) is 16.2. The van der Waals surface area contributed by atoms with Crippen LogP contribution in [0.25, 0.3) is 0 Å².